The van der Waals surface area contributed by atoms with E-state index in [9.17, 15) is 41.0 Å². The van der Waals surface area contributed by atoms with Crippen LogP contribution in [-0.2, 0) is 11.0 Å². The van der Waals surface area contributed by atoms with Crippen molar-refractivity contribution in [3.05, 3.63) is 29.3 Å². The Hall–Kier alpha value is -2.26. The molecule has 1 aromatic rings. The van der Waals surface area contributed by atoms with E-state index in [4.69, 9.17) is 0 Å². The van der Waals surface area contributed by atoms with Crippen LogP contribution < -0.4 is 9.84 Å². The molecule has 0 radical (unpaired) electrons. The van der Waals surface area contributed by atoms with E-state index >= 15 is 0 Å². The van der Waals surface area contributed by atoms with Gasteiger partial charge in [0.05, 0.1) is 17.1 Å². The molecule has 0 amide bonds. The topological polar surface area (TPSA) is 66.4 Å². The summed E-state index contributed by atoms with van der Waals surface area (Å²) in [6.07, 6.45) is -13.1. The van der Waals surface area contributed by atoms with Crippen molar-refractivity contribution in [2.75, 3.05) is 0 Å². The van der Waals surface area contributed by atoms with Gasteiger partial charge in [-0.2, -0.15) is 26.3 Å². The maximum atomic E-state index is 12.7. The molecule has 2 atom stereocenters. The second-order valence-electron chi connectivity index (χ2n) is 4.45. The minimum absolute atomic E-state index is 0.250. The van der Waals surface area contributed by atoms with Crippen molar-refractivity contribution in [3.8, 4) is 5.75 Å². The summed E-state index contributed by atoms with van der Waals surface area (Å²) in [6, 6.07) is 1.22. The lowest BCUT2D eigenvalue weighted by Crippen LogP contribution is -2.54. The molecule has 0 aliphatic carbocycles. The Balaban J connectivity index is 2.56. The van der Waals surface area contributed by atoms with Crippen molar-refractivity contribution in [2.24, 2.45) is 5.92 Å². The van der Waals surface area contributed by atoms with Gasteiger partial charge in [0.15, 0.2) is 5.78 Å². The van der Waals surface area contributed by atoms with E-state index in [1.807, 2.05) is 0 Å². The zero-order valence-electron chi connectivity index (χ0n) is 10.3. The van der Waals surface area contributed by atoms with Crippen LogP contribution in [0.5, 0.6) is 5.75 Å². The highest BCUT2D eigenvalue weighted by atomic mass is 19.4. The van der Waals surface area contributed by atoms with Crippen LogP contribution >= 0.6 is 0 Å². The average Bonchev–Trinajstić information content (AvgIpc) is 2.35. The number of Topliss-reactive ketones (excluding diaryl/α,β-unsaturated/α-hetero) is 1. The first kappa shape index (κ1) is 16.1. The summed E-state index contributed by atoms with van der Waals surface area (Å²) in [5.74, 6) is -7.56. The molecule has 22 heavy (non-hydrogen) atoms. The van der Waals surface area contributed by atoms with E-state index in [-0.39, 0.29) is 6.07 Å². The molecule has 0 aromatic heterocycles. The van der Waals surface area contributed by atoms with Crippen molar-refractivity contribution < 1.29 is 45.8 Å². The summed E-state index contributed by atoms with van der Waals surface area (Å²) in [4.78, 5) is 22.6. The summed E-state index contributed by atoms with van der Waals surface area (Å²) in [5.41, 5.74) is -2.20. The number of carbonyl (C=O) groups is 2. The zero-order valence-corrected chi connectivity index (χ0v) is 10.3. The van der Waals surface area contributed by atoms with Crippen LogP contribution in [0.2, 0.25) is 0 Å². The van der Waals surface area contributed by atoms with Crippen LogP contribution in [0.3, 0.4) is 0 Å². The SMILES string of the molecule is O=C([O-])C1C(=O)c2cc(C(F)(F)F)ccc2OC1C(F)(F)F. The molecule has 10 heteroatoms. The normalized spacial score (nSPS) is 22.0. The molecule has 0 saturated carbocycles. The molecule has 0 spiro atoms. The van der Waals surface area contributed by atoms with Gasteiger partial charge in [0, 0.05) is 0 Å². The Labute approximate surface area is 118 Å². The summed E-state index contributed by atoms with van der Waals surface area (Å²) in [6.45, 7) is 0. The van der Waals surface area contributed by atoms with Crippen molar-refractivity contribution in [2.45, 2.75) is 18.5 Å². The molecule has 120 valence electrons. The van der Waals surface area contributed by atoms with Crippen LogP contribution in [0.15, 0.2) is 18.2 Å². The highest BCUT2D eigenvalue weighted by Crippen LogP contribution is 2.40. The standard InChI is InChI=1S/C12H6F6O4/c13-11(14,15)4-1-2-6-5(3-4)8(19)7(10(20)21)9(22-6)12(16,17)18/h1-3,7,9H,(H,20,21)/p-1. The van der Waals surface area contributed by atoms with Gasteiger partial charge in [-0.25, -0.2) is 0 Å². The average molecular weight is 327 g/mol. The number of ketones is 1. The lowest BCUT2D eigenvalue weighted by atomic mass is 9.88. The molecule has 1 aliphatic heterocycles. The van der Waals surface area contributed by atoms with Crippen molar-refractivity contribution >= 4 is 11.8 Å². The Bertz CT molecular complexity index is 633. The van der Waals surface area contributed by atoms with Crippen LogP contribution in [0.25, 0.3) is 0 Å². The molecule has 2 unspecified atom stereocenters. The van der Waals surface area contributed by atoms with E-state index in [1.165, 1.54) is 0 Å². The minimum atomic E-state index is -5.21. The van der Waals surface area contributed by atoms with E-state index in [0.717, 1.165) is 0 Å². The first-order valence-electron chi connectivity index (χ1n) is 5.62. The third-order valence-corrected chi connectivity index (χ3v) is 2.99. The van der Waals surface area contributed by atoms with Crippen molar-refractivity contribution in [3.63, 3.8) is 0 Å². The highest BCUT2D eigenvalue weighted by Gasteiger charge is 2.53. The maximum Gasteiger partial charge on any atom is 0.426 e. The van der Waals surface area contributed by atoms with Gasteiger partial charge in [-0.05, 0) is 18.2 Å². The van der Waals surface area contributed by atoms with Gasteiger partial charge in [0.2, 0.25) is 6.10 Å². The summed E-state index contributed by atoms with van der Waals surface area (Å²) < 4.78 is 80.2. The number of ether oxygens (including phenoxy) is 1. The first-order valence-corrected chi connectivity index (χ1v) is 5.62. The third-order valence-electron chi connectivity index (χ3n) is 2.99. The van der Waals surface area contributed by atoms with E-state index in [1.54, 1.807) is 0 Å². The summed E-state index contributed by atoms with van der Waals surface area (Å²) in [5, 5.41) is 10.8. The molecule has 1 aliphatic rings. The number of rotatable bonds is 1. The number of alkyl halides is 6. The number of aliphatic carboxylic acids is 1. The Morgan fingerprint density at radius 2 is 1.73 bits per heavy atom. The van der Waals surface area contributed by atoms with Gasteiger partial charge in [-0.15, -0.1) is 0 Å². The molecule has 1 heterocycles. The Morgan fingerprint density at radius 3 is 2.18 bits per heavy atom. The number of hydrogen-bond donors (Lipinski definition) is 0. The van der Waals surface area contributed by atoms with E-state index in [2.05, 4.69) is 4.74 Å². The second-order valence-corrected chi connectivity index (χ2v) is 4.45. The third kappa shape index (κ3) is 2.72. The van der Waals surface area contributed by atoms with E-state index < -0.39 is 53.0 Å². The molecular weight excluding hydrogens is 322 g/mol. The largest absolute Gasteiger partial charge is 0.549 e. The predicted octanol–water partition coefficient (Wildman–Crippen LogP) is 1.58. The smallest absolute Gasteiger partial charge is 0.426 e. The fourth-order valence-corrected chi connectivity index (χ4v) is 2.00. The van der Waals surface area contributed by atoms with Crippen molar-refractivity contribution in [1.29, 1.82) is 0 Å². The summed E-state index contributed by atoms with van der Waals surface area (Å²) in [7, 11) is 0. The fourth-order valence-electron chi connectivity index (χ4n) is 2.00. The number of fused-ring (bicyclic) bond motifs is 1. The number of hydrogen-bond acceptors (Lipinski definition) is 4. The lowest BCUT2D eigenvalue weighted by molar-refractivity contribution is -0.317. The van der Waals surface area contributed by atoms with Gasteiger partial charge in [0.1, 0.15) is 11.7 Å². The number of carboxylic acids is 1. The van der Waals surface area contributed by atoms with Gasteiger partial charge >= 0.3 is 12.4 Å². The molecular formula is C12H5F6O4-. The van der Waals surface area contributed by atoms with Crippen LogP contribution in [-0.4, -0.2) is 24.0 Å². The van der Waals surface area contributed by atoms with Crippen LogP contribution in [0.4, 0.5) is 26.3 Å². The number of carbonyl (C=O) groups excluding carboxylic acids is 2. The maximum absolute atomic E-state index is 12.7. The molecule has 0 N–H and O–H groups in total. The van der Waals surface area contributed by atoms with Gasteiger partial charge in [-0.1, -0.05) is 0 Å². The quantitative estimate of drug-likeness (QED) is 0.580. The second kappa shape index (κ2) is 4.89. The molecule has 2 rings (SSSR count). The molecule has 0 fully saturated rings. The molecule has 0 saturated heterocycles. The van der Waals surface area contributed by atoms with E-state index in [0.29, 0.717) is 12.1 Å². The molecule has 4 nitrogen and oxygen atoms in total. The van der Waals surface area contributed by atoms with Crippen molar-refractivity contribution in [1.82, 2.24) is 0 Å². The first-order chi connectivity index (χ1) is 9.93. The van der Waals surface area contributed by atoms with Gasteiger partial charge in [-0.3, -0.25) is 4.79 Å². The monoisotopic (exact) mass is 327 g/mol. The number of carboxylic acid groups (broad SMARTS) is 1. The molecule has 0 bridgehead atoms. The van der Waals surface area contributed by atoms with Gasteiger partial charge in [0.25, 0.3) is 0 Å². The summed E-state index contributed by atoms with van der Waals surface area (Å²) >= 11 is 0. The van der Waals surface area contributed by atoms with Crippen LogP contribution in [0, 0.1) is 5.92 Å². The van der Waals surface area contributed by atoms with Crippen LogP contribution in [0.1, 0.15) is 15.9 Å². The Kier molecular flexibility index (Phi) is 3.58. The van der Waals surface area contributed by atoms with Gasteiger partial charge < -0.3 is 14.6 Å². The highest BCUT2D eigenvalue weighted by molar-refractivity contribution is 6.10. The Morgan fingerprint density at radius 1 is 1.14 bits per heavy atom. The zero-order chi connectivity index (χ0) is 16.9. The molecule has 1 aromatic carbocycles. The number of halogens is 6. The fraction of sp³-hybridized carbons (Fsp3) is 0.333. The number of benzene rings is 1. The predicted molar refractivity (Wildman–Crippen MR) is 54.7 cm³/mol. The minimum Gasteiger partial charge on any atom is -0.549 e. The lowest BCUT2D eigenvalue weighted by Gasteiger charge is -2.34.